The smallest absolute Gasteiger partial charge is 0.143 e. The standard InChI is InChI=1S/C67H42O/c1-2-16-41(17-3-1)42-32-34-43(35-33-42)64(45-36-37-51-50-22-8-12-30-61(50)67(62(51)39-45)59-28-10-6-20-48(59)49-21-7-11-29-60(49)67)53-25-14-24-47-56-38-44-18-4-5-19-46(44)65(58(56)40-57(47)53)55-27-15-26-54-52-23-9-13-31-63(52)68-66(54)55/h1-39,64H,40H2. The zero-order chi connectivity index (χ0) is 44.5. The first-order valence-electron chi connectivity index (χ1n) is 23.9. The summed E-state index contributed by atoms with van der Waals surface area (Å²) in [6.45, 7) is 0. The summed E-state index contributed by atoms with van der Waals surface area (Å²) in [5.41, 5.74) is 26.3. The highest BCUT2D eigenvalue weighted by Gasteiger charge is 2.51. The van der Waals surface area contributed by atoms with Crippen LogP contribution in [0.1, 0.15) is 56.0 Å². The molecule has 1 aromatic heterocycles. The Labute approximate surface area is 395 Å². The van der Waals surface area contributed by atoms with Crippen LogP contribution in [0, 0.1) is 0 Å². The van der Waals surface area contributed by atoms with Crippen molar-refractivity contribution in [3.63, 3.8) is 0 Å². The third kappa shape index (κ3) is 5.11. The number of benzene rings is 11. The molecule has 0 bridgehead atoms. The van der Waals surface area contributed by atoms with E-state index in [-0.39, 0.29) is 5.92 Å². The summed E-state index contributed by atoms with van der Waals surface area (Å²) >= 11 is 0. The van der Waals surface area contributed by atoms with Crippen molar-refractivity contribution in [1.82, 2.24) is 0 Å². The molecule has 0 N–H and O–H groups in total. The summed E-state index contributed by atoms with van der Waals surface area (Å²) in [5.74, 6) is -0.0429. The van der Waals surface area contributed by atoms with Gasteiger partial charge in [-0.2, -0.15) is 0 Å². The van der Waals surface area contributed by atoms with Gasteiger partial charge >= 0.3 is 0 Å². The molecule has 0 radical (unpaired) electrons. The molecular formula is C67H42O. The maximum atomic E-state index is 6.79. The van der Waals surface area contributed by atoms with E-state index in [1.807, 2.05) is 0 Å². The van der Waals surface area contributed by atoms with Gasteiger partial charge in [0.1, 0.15) is 11.2 Å². The molecule has 316 valence electrons. The van der Waals surface area contributed by atoms with Gasteiger partial charge in [0.25, 0.3) is 0 Å². The predicted octanol–water partition coefficient (Wildman–Crippen LogP) is 17.2. The van der Waals surface area contributed by atoms with Crippen molar-refractivity contribution in [1.29, 1.82) is 0 Å². The second-order valence-electron chi connectivity index (χ2n) is 18.9. The molecule has 3 aliphatic rings. The first-order valence-corrected chi connectivity index (χ1v) is 23.9. The van der Waals surface area contributed by atoms with Gasteiger partial charge in [-0.3, -0.25) is 0 Å². The third-order valence-electron chi connectivity index (χ3n) is 15.7. The van der Waals surface area contributed by atoms with Gasteiger partial charge in [-0.1, -0.05) is 224 Å². The van der Waals surface area contributed by atoms with Gasteiger partial charge in [0, 0.05) is 22.3 Å². The molecule has 3 aliphatic carbocycles. The van der Waals surface area contributed by atoms with E-state index in [4.69, 9.17) is 4.42 Å². The van der Waals surface area contributed by atoms with E-state index in [0.29, 0.717) is 0 Å². The highest BCUT2D eigenvalue weighted by Crippen LogP contribution is 2.63. The van der Waals surface area contributed by atoms with Crippen molar-refractivity contribution in [2.75, 3.05) is 0 Å². The highest BCUT2D eigenvalue weighted by molar-refractivity contribution is 6.14. The minimum atomic E-state index is -0.432. The topological polar surface area (TPSA) is 13.1 Å². The molecule has 1 spiro atoms. The van der Waals surface area contributed by atoms with Crippen molar-refractivity contribution in [3.8, 4) is 55.6 Å². The minimum absolute atomic E-state index is 0.0429. The molecule has 12 aromatic rings. The predicted molar refractivity (Wildman–Crippen MR) is 280 cm³/mol. The molecule has 11 aromatic carbocycles. The van der Waals surface area contributed by atoms with E-state index >= 15 is 0 Å². The number of rotatable bonds is 5. The van der Waals surface area contributed by atoms with Crippen LogP contribution in [0.4, 0.5) is 0 Å². The molecule has 0 saturated carbocycles. The lowest BCUT2D eigenvalue weighted by atomic mass is 9.69. The molecule has 1 heteroatoms. The Hall–Kier alpha value is -8.52. The van der Waals surface area contributed by atoms with Crippen LogP contribution in [0.15, 0.2) is 241 Å². The average Bonchev–Trinajstić information content (AvgIpc) is 4.14. The van der Waals surface area contributed by atoms with Crippen LogP contribution in [-0.4, -0.2) is 0 Å². The molecule has 15 rings (SSSR count). The lowest BCUT2D eigenvalue weighted by Gasteiger charge is -2.31. The van der Waals surface area contributed by atoms with Crippen LogP contribution in [0.3, 0.4) is 0 Å². The fraction of sp³-hybridized carbons (Fsp3) is 0.0448. The van der Waals surface area contributed by atoms with Crippen LogP contribution in [0.5, 0.6) is 0 Å². The zero-order valence-electron chi connectivity index (χ0n) is 37.2. The molecule has 1 heterocycles. The first-order chi connectivity index (χ1) is 33.7. The second-order valence-corrected chi connectivity index (χ2v) is 18.9. The molecule has 1 unspecified atom stereocenters. The van der Waals surface area contributed by atoms with Gasteiger partial charge in [-0.25, -0.2) is 0 Å². The molecule has 0 aliphatic heterocycles. The van der Waals surface area contributed by atoms with Gasteiger partial charge in [0.15, 0.2) is 0 Å². The molecule has 68 heavy (non-hydrogen) atoms. The summed E-state index contributed by atoms with van der Waals surface area (Å²) in [6, 6.07) is 88.6. The second kappa shape index (κ2) is 14.2. The lowest BCUT2D eigenvalue weighted by molar-refractivity contribution is 0.670. The Morgan fingerprint density at radius 2 is 0.912 bits per heavy atom. The van der Waals surface area contributed by atoms with Crippen molar-refractivity contribution in [2.45, 2.75) is 17.8 Å². The number of para-hydroxylation sites is 2. The van der Waals surface area contributed by atoms with Crippen molar-refractivity contribution >= 4 is 32.7 Å². The number of fused-ring (bicyclic) bond motifs is 17. The minimum Gasteiger partial charge on any atom is -0.455 e. The Kier molecular flexibility index (Phi) is 7.89. The Morgan fingerprint density at radius 3 is 1.66 bits per heavy atom. The highest BCUT2D eigenvalue weighted by atomic mass is 16.3. The van der Waals surface area contributed by atoms with Gasteiger partial charge in [0.2, 0.25) is 0 Å². The molecule has 1 nitrogen and oxygen atoms in total. The number of furan rings is 1. The molecular weight excluding hydrogens is 821 g/mol. The fourth-order valence-corrected chi connectivity index (χ4v) is 12.9. The van der Waals surface area contributed by atoms with E-state index in [2.05, 4.69) is 237 Å². The molecule has 0 amide bonds. The maximum Gasteiger partial charge on any atom is 0.143 e. The molecule has 0 fully saturated rings. The monoisotopic (exact) mass is 862 g/mol. The SMILES string of the molecule is c1ccc(-c2ccc(C(c3ccc4c(c3)C3(c5ccccc5-c5ccccc53)c3ccccc3-4)c3cccc4c3Cc3c-4cc4ccccc4c3-c3cccc4c3oc3ccccc34)cc2)cc1. The number of hydrogen-bond acceptors (Lipinski definition) is 1. The van der Waals surface area contributed by atoms with Crippen LogP contribution in [-0.2, 0) is 11.8 Å². The van der Waals surface area contributed by atoms with E-state index < -0.39 is 5.41 Å². The maximum absolute atomic E-state index is 6.79. The van der Waals surface area contributed by atoms with Crippen LogP contribution >= 0.6 is 0 Å². The summed E-state index contributed by atoms with van der Waals surface area (Å²) in [7, 11) is 0. The summed E-state index contributed by atoms with van der Waals surface area (Å²) < 4.78 is 6.79. The van der Waals surface area contributed by atoms with Crippen LogP contribution in [0.25, 0.3) is 88.3 Å². The Bertz CT molecular complexity index is 3990. The summed E-state index contributed by atoms with van der Waals surface area (Å²) in [5, 5.41) is 4.79. The van der Waals surface area contributed by atoms with Gasteiger partial charge < -0.3 is 4.42 Å². The van der Waals surface area contributed by atoms with Gasteiger partial charge in [-0.15, -0.1) is 0 Å². The lowest BCUT2D eigenvalue weighted by Crippen LogP contribution is -2.26. The zero-order valence-corrected chi connectivity index (χ0v) is 37.2. The third-order valence-corrected chi connectivity index (χ3v) is 15.7. The normalized spacial score (nSPS) is 13.9. The average molecular weight is 863 g/mol. The summed E-state index contributed by atoms with van der Waals surface area (Å²) in [6.07, 6.45) is 0.817. The fourth-order valence-electron chi connectivity index (χ4n) is 12.9. The summed E-state index contributed by atoms with van der Waals surface area (Å²) in [4.78, 5) is 0. The van der Waals surface area contributed by atoms with E-state index in [9.17, 15) is 0 Å². The van der Waals surface area contributed by atoms with Gasteiger partial charge in [0.05, 0.1) is 5.41 Å². The largest absolute Gasteiger partial charge is 0.455 e. The molecule has 1 atom stereocenters. The van der Waals surface area contributed by atoms with Gasteiger partial charge in [-0.05, 0) is 129 Å². The van der Waals surface area contributed by atoms with E-state index in [1.54, 1.807) is 0 Å². The Morgan fingerprint density at radius 1 is 0.353 bits per heavy atom. The first kappa shape index (κ1) is 37.7. The van der Waals surface area contributed by atoms with E-state index in [1.165, 1.54) is 111 Å². The molecule has 0 saturated heterocycles. The number of hydrogen-bond donors (Lipinski definition) is 0. The van der Waals surface area contributed by atoms with E-state index in [0.717, 1.165) is 33.9 Å². The van der Waals surface area contributed by atoms with Crippen molar-refractivity contribution < 1.29 is 4.42 Å². The van der Waals surface area contributed by atoms with Crippen molar-refractivity contribution in [3.05, 3.63) is 287 Å². The van der Waals surface area contributed by atoms with Crippen LogP contribution in [0.2, 0.25) is 0 Å². The quantitative estimate of drug-likeness (QED) is 0.157. The van der Waals surface area contributed by atoms with Crippen molar-refractivity contribution in [2.24, 2.45) is 0 Å². The Balaban J connectivity index is 0.967. The van der Waals surface area contributed by atoms with Crippen LogP contribution < -0.4 is 0 Å².